The lowest BCUT2D eigenvalue weighted by molar-refractivity contribution is -0.120. The fourth-order valence-electron chi connectivity index (χ4n) is 3.10. The quantitative estimate of drug-likeness (QED) is 0.0921. The molecule has 0 saturated heterocycles. The molecule has 0 aliphatic carbocycles. The van der Waals surface area contributed by atoms with Gasteiger partial charge in [-0.3, -0.25) is 18.4 Å². The summed E-state index contributed by atoms with van der Waals surface area (Å²) >= 11 is 5.12. The molecule has 0 saturated carbocycles. The van der Waals surface area contributed by atoms with Gasteiger partial charge >= 0.3 is 0 Å². The minimum atomic E-state index is -1.00. The zero-order valence-corrected chi connectivity index (χ0v) is 29.6. The number of carbonyl (C=O) groups is 2. The van der Waals surface area contributed by atoms with Crippen LogP contribution in [0.2, 0.25) is 0 Å². The highest BCUT2D eigenvalue weighted by molar-refractivity contribution is 6.63. The van der Waals surface area contributed by atoms with Crippen LogP contribution in [0.1, 0.15) is 178 Å². The molecule has 0 bridgehead atoms. The number of unbranched alkanes of at least 4 members (excludes halogenated alkanes) is 10. The highest BCUT2D eigenvalue weighted by Crippen LogP contribution is 2.04. The smallest absolute Gasteiger partial charge is 0.221 e. The van der Waals surface area contributed by atoms with Crippen LogP contribution in [0.25, 0.3) is 0 Å². The lowest BCUT2D eigenvalue weighted by Gasteiger charge is -2.13. The first-order valence-electron chi connectivity index (χ1n) is 17.1. The maximum Gasteiger partial charge on any atom is 0.221 e. The van der Waals surface area contributed by atoms with Crippen LogP contribution in [-0.2, 0) is 9.59 Å². The van der Waals surface area contributed by atoms with Gasteiger partial charge in [0.05, 0.1) is 17.0 Å². The largest absolute Gasteiger partial charge is 0.359 e. The highest BCUT2D eigenvalue weighted by atomic mass is 35.5. The molecule has 0 fully saturated rings. The Bertz CT molecular complexity index is 435. The van der Waals surface area contributed by atoms with E-state index >= 15 is 0 Å². The van der Waals surface area contributed by atoms with Gasteiger partial charge in [-0.25, -0.2) is 0 Å². The third-order valence-corrected chi connectivity index (χ3v) is 5.82. The molecule has 9 heteroatoms. The van der Waals surface area contributed by atoms with Gasteiger partial charge in [-0.1, -0.05) is 143 Å². The first kappa shape index (κ1) is 71.2. The van der Waals surface area contributed by atoms with E-state index in [0.29, 0.717) is 12.8 Å². The summed E-state index contributed by atoms with van der Waals surface area (Å²) < 4.78 is 31.0. The Kier molecular flexibility index (Phi) is 150. The molecule has 1 amide bonds. The molecular formula is C37H95ClF2N4O2. The number of amides is 1. The van der Waals surface area contributed by atoms with Crippen LogP contribution in [0.3, 0.4) is 0 Å². The number of hydrogen-bond donors (Lipinski definition) is 3. The van der Waals surface area contributed by atoms with Crippen LogP contribution in [0.5, 0.6) is 0 Å². The highest BCUT2D eigenvalue weighted by Gasteiger charge is 1.95. The zero-order chi connectivity index (χ0) is 35.0. The maximum atomic E-state index is 10.7. The standard InChI is InChI=1S/C8H17NO.C8H19N.C7H13ClO.C6H15N.2CH3F.CH5N.5CH4/c1-3-4-5-6-7-8(10)9-2;1-3-4-5-6-7-8-9-2;1-2-3-4-5-6-7(8)9;1-4-7(5-2)6-3;3*1-2;;;;;/h3-7H2,1-2H3,(H,9,10);9H,3-8H2,1-2H3;2-6H2,1H3;4-6H2,1-3H3;2*1H3;2H2,1H3;5*1H4/i;;;;2*1D;;;;;;. The Morgan fingerprint density at radius 1 is 0.630 bits per heavy atom. The third kappa shape index (κ3) is 121. The van der Waals surface area contributed by atoms with Crippen molar-refractivity contribution in [1.82, 2.24) is 15.5 Å². The molecule has 0 aromatic rings. The van der Waals surface area contributed by atoms with Crippen molar-refractivity contribution in [3.8, 4) is 0 Å². The number of rotatable bonds is 19. The van der Waals surface area contributed by atoms with Gasteiger partial charge in [0.2, 0.25) is 11.1 Å². The number of nitrogens with one attached hydrogen (secondary N) is 2. The van der Waals surface area contributed by atoms with Crippen LogP contribution in [0.4, 0.5) is 8.78 Å². The van der Waals surface area contributed by atoms with E-state index in [1.54, 1.807) is 7.05 Å². The second-order valence-electron chi connectivity index (χ2n) is 8.79. The summed E-state index contributed by atoms with van der Waals surface area (Å²) in [5.41, 5.74) is 4.50. The molecule has 0 aliphatic rings. The Hall–Kier alpha value is -0.830. The van der Waals surface area contributed by atoms with Gasteiger partial charge in [-0.05, 0) is 71.1 Å². The van der Waals surface area contributed by atoms with Gasteiger partial charge in [0.15, 0.2) is 0 Å². The van der Waals surface area contributed by atoms with Crippen LogP contribution in [0, 0.1) is 0 Å². The number of nitrogens with zero attached hydrogens (tertiary/aromatic N) is 1. The van der Waals surface area contributed by atoms with E-state index in [-0.39, 0.29) is 48.3 Å². The molecule has 6 nitrogen and oxygen atoms in total. The number of hydrogen-bond acceptors (Lipinski definition) is 5. The summed E-state index contributed by atoms with van der Waals surface area (Å²) in [6.45, 7) is 17.9. The van der Waals surface area contributed by atoms with Gasteiger partial charge in [0.25, 0.3) is 0 Å². The van der Waals surface area contributed by atoms with E-state index in [0.717, 1.165) is 19.3 Å². The SMILES string of the molecule is C.C.C.C.C.CCCCCCC(=O)Cl.CCCCCCC(=O)NC.CCCCCCCNC.CCN(CC)CC.CN.[2H]CF.[2H]CF. The molecule has 0 spiro atoms. The van der Waals surface area contributed by atoms with Crippen LogP contribution in [-0.4, -0.2) is 77.7 Å². The molecule has 4 N–H and O–H groups in total. The predicted octanol–water partition coefficient (Wildman–Crippen LogP) is 11.9. The van der Waals surface area contributed by atoms with Crippen molar-refractivity contribution in [1.29, 1.82) is 0 Å². The van der Waals surface area contributed by atoms with Crippen molar-refractivity contribution in [3.05, 3.63) is 0 Å². The van der Waals surface area contributed by atoms with Crippen LogP contribution < -0.4 is 16.4 Å². The third-order valence-electron chi connectivity index (χ3n) is 5.64. The second kappa shape index (κ2) is 96.7. The minimum Gasteiger partial charge on any atom is -0.359 e. The molecule has 0 unspecified atom stereocenters. The molecule has 46 heavy (non-hydrogen) atoms. The van der Waals surface area contributed by atoms with E-state index in [9.17, 15) is 18.4 Å². The average molecular weight is 704 g/mol. The molecule has 0 aliphatic heterocycles. The summed E-state index contributed by atoms with van der Waals surface area (Å²) in [6.07, 6.45) is 17.3. The van der Waals surface area contributed by atoms with Gasteiger partial charge in [-0.15, -0.1) is 0 Å². The Balaban J connectivity index is -0.0000000325. The minimum absolute atomic E-state index is 0. The van der Waals surface area contributed by atoms with E-state index in [4.69, 9.17) is 14.3 Å². The van der Waals surface area contributed by atoms with E-state index in [1.165, 1.54) is 97.4 Å². The van der Waals surface area contributed by atoms with Gasteiger partial charge in [0.1, 0.15) is 0 Å². The molecule has 0 atom stereocenters. The van der Waals surface area contributed by atoms with Crippen LogP contribution >= 0.6 is 11.6 Å². The monoisotopic (exact) mass is 703 g/mol. The second-order valence-corrected chi connectivity index (χ2v) is 9.21. The van der Waals surface area contributed by atoms with Gasteiger partial charge in [-0.2, -0.15) is 0 Å². The van der Waals surface area contributed by atoms with Gasteiger partial charge in [0, 0.05) is 19.9 Å². The fraction of sp³-hybridized carbons (Fsp3) is 0.946. The lowest BCUT2D eigenvalue weighted by atomic mass is 10.1. The van der Waals surface area contributed by atoms with Crippen LogP contribution in [0.15, 0.2) is 0 Å². The Labute approximate surface area is 301 Å². The number of halogens is 3. The van der Waals surface area contributed by atoms with Crippen molar-refractivity contribution < 1.29 is 21.1 Å². The summed E-state index contributed by atoms with van der Waals surface area (Å²) in [5.74, 6) is 0.163. The summed E-state index contributed by atoms with van der Waals surface area (Å²) in [6, 6.07) is 0. The molecule has 296 valence electrons. The molecule has 0 aromatic carbocycles. The molecule has 0 heterocycles. The van der Waals surface area contributed by atoms with E-state index in [2.05, 4.69) is 62.8 Å². The summed E-state index contributed by atoms with van der Waals surface area (Å²) in [5, 5.41) is 5.54. The first-order chi connectivity index (χ1) is 20.7. The van der Waals surface area contributed by atoms with Crippen molar-refractivity contribution >= 4 is 22.8 Å². The van der Waals surface area contributed by atoms with E-state index < -0.39 is 14.3 Å². The molecule has 0 aromatic heterocycles. The maximum absolute atomic E-state index is 10.7. The summed E-state index contributed by atoms with van der Waals surface area (Å²) in [4.78, 5) is 23.2. The lowest BCUT2D eigenvalue weighted by Crippen LogP contribution is -2.21. The Morgan fingerprint density at radius 2 is 0.935 bits per heavy atom. The topological polar surface area (TPSA) is 87.5 Å². The molecule has 0 rings (SSSR count). The Morgan fingerprint density at radius 3 is 1.17 bits per heavy atom. The zero-order valence-electron chi connectivity index (χ0n) is 30.8. The predicted molar refractivity (Wildman–Crippen MR) is 216 cm³/mol. The molecular weight excluding hydrogens is 606 g/mol. The number of nitrogens with two attached hydrogens (primary N) is 1. The van der Waals surface area contributed by atoms with Crippen molar-refractivity contribution in [2.24, 2.45) is 5.73 Å². The fourth-order valence-corrected chi connectivity index (χ4v) is 3.24. The van der Waals surface area contributed by atoms with Gasteiger partial charge < -0.3 is 21.3 Å². The number of alkyl halides is 2. The number of carbonyl (C=O) groups excluding carboxylic acids is 2. The average Bonchev–Trinajstić information content (AvgIpc) is 3.01. The van der Waals surface area contributed by atoms with Crippen molar-refractivity contribution in [2.75, 3.05) is 61.6 Å². The van der Waals surface area contributed by atoms with Crippen molar-refractivity contribution in [3.63, 3.8) is 0 Å². The molecule has 0 radical (unpaired) electrons. The van der Waals surface area contributed by atoms with E-state index in [1.807, 2.05) is 7.05 Å². The summed E-state index contributed by atoms with van der Waals surface area (Å²) in [7, 11) is 3.20. The first-order valence-corrected chi connectivity index (χ1v) is 16.1. The normalized spacial score (nSPS) is 8.39. The van der Waals surface area contributed by atoms with Crippen molar-refractivity contribution in [2.45, 2.75) is 175 Å².